The summed E-state index contributed by atoms with van der Waals surface area (Å²) in [5.41, 5.74) is 3.00. The van der Waals surface area contributed by atoms with E-state index in [9.17, 15) is 9.59 Å². The van der Waals surface area contributed by atoms with Gasteiger partial charge in [-0.05, 0) is 43.4 Å². The Morgan fingerprint density at radius 2 is 2.00 bits per heavy atom. The largest absolute Gasteiger partial charge is 0.312 e. The molecule has 6 heteroatoms. The van der Waals surface area contributed by atoms with Crippen molar-refractivity contribution in [2.45, 2.75) is 38.5 Å². The van der Waals surface area contributed by atoms with Gasteiger partial charge in [0.05, 0.1) is 12.1 Å². The number of carbonyl (C=O) groups excluding carboxylic acids is 2. The van der Waals surface area contributed by atoms with Gasteiger partial charge in [-0.15, -0.1) is 11.3 Å². The second-order valence-corrected chi connectivity index (χ2v) is 7.37. The average Bonchev–Trinajstić information content (AvgIpc) is 3.24. The summed E-state index contributed by atoms with van der Waals surface area (Å²) in [4.78, 5) is 31.6. The van der Waals surface area contributed by atoms with Crippen molar-refractivity contribution in [2.24, 2.45) is 0 Å². The molecule has 5 nitrogen and oxygen atoms in total. The van der Waals surface area contributed by atoms with Gasteiger partial charge in [0.2, 0.25) is 11.8 Å². The molecule has 1 aromatic heterocycles. The maximum absolute atomic E-state index is 12.2. The number of anilines is 2. The molecule has 1 fully saturated rings. The van der Waals surface area contributed by atoms with Crippen LogP contribution in [0.15, 0.2) is 24.3 Å². The van der Waals surface area contributed by atoms with E-state index in [-0.39, 0.29) is 11.8 Å². The Morgan fingerprint density at radius 3 is 2.71 bits per heavy atom. The zero-order chi connectivity index (χ0) is 16.5. The smallest absolute Gasteiger partial charge is 0.230 e. The van der Waals surface area contributed by atoms with Gasteiger partial charge >= 0.3 is 0 Å². The Bertz CT molecular complexity index is 761. The van der Waals surface area contributed by atoms with Crippen LogP contribution in [0.5, 0.6) is 0 Å². The molecule has 0 unspecified atom stereocenters. The van der Waals surface area contributed by atoms with E-state index in [1.807, 2.05) is 24.3 Å². The Balaban J connectivity index is 1.37. The molecule has 1 saturated heterocycles. The number of thiazole rings is 1. The van der Waals surface area contributed by atoms with E-state index in [0.717, 1.165) is 42.8 Å². The first kappa shape index (κ1) is 15.3. The third-order valence-electron chi connectivity index (χ3n) is 4.53. The zero-order valence-electron chi connectivity index (χ0n) is 13.4. The van der Waals surface area contributed by atoms with Crippen LogP contribution in [0.25, 0.3) is 0 Å². The van der Waals surface area contributed by atoms with Crippen molar-refractivity contribution >= 4 is 34.0 Å². The van der Waals surface area contributed by atoms with Crippen molar-refractivity contribution in [2.75, 3.05) is 16.8 Å². The van der Waals surface area contributed by atoms with Crippen molar-refractivity contribution in [3.05, 3.63) is 40.4 Å². The van der Waals surface area contributed by atoms with Gasteiger partial charge in [0.25, 0.3) is 0 Å². The van der Waals surface area contributed by atoms with Crippen molar-refractivity contribution in [3.8, 4) is 0 Å². The van der Waals surface area contributed by atoms with Crippen LogP contribution in [0.1, 0.15) is 35.4 Å². The van der Waals surface area contributed by atoms with Crippen LogP contribution in [-0.2, 0) is 28.9 Å². The molecule has 2 aliphatic rings. The summed E-state index contributed by atoms with van der Waals surface area (Å²) < 4.78 is 0. The molecular formula is C18H19N3O2S. The molecule has 0 bridgehead atoms. The molecule has 0 atom stereocenters. The maximum atomic E-state index is 12.2. The monoisotopic (exact) mass is 341 g/mol. The van der Waals surface area contributed by atoms with Crippen molar-refractivity contribution < 1.29 is 9.59 Å². The predicted octanol–water partition coefficient (Wildman–Crippen LogP) is 2.94. The number of amides is 2. The van der Waals surface area contributed by atoms with Gasteiger partial charge in [-0.3, -0.25) is 9.59 Å². The van der Waals surface area contributed by atoms with Gasteiger partial charge in [0, 0.05) is 23.5 Å². The lowest BCUT2D eigenvalue weighted by atomic mass is 10.1. The first-order valence-electron chi connectivity index (χ1n) is 8.37. The summed E-state index contributed by atoms with van der Waals surface area (Å²) in [6, 6.07) is 7.68. The fourth-order valence-corrected chi connectivity index (χ4v) is 4.37. The van der Waals surface area contributed by atoms with E-state index in [2.05, 4.69) is 10.3 Å². The lowest BCUT2D eigenvalue weighted by Crippen LogP contribution is -2.23. The average molecular weight is 341 g/mol. The maximum Gasteiger partial charge on any atom is 0.230 e. The number of rotatable bonds is 4. The fourth-order valence-electron chi connectivity index (χ4n) is 3.31. The summed E-state index contributed by atoms with van der Waals surface area (Å²) >= 11 is 1.59. The highest BCUT2D eigenvalue weighted by Crippen LogP contribution is 2.30. The molecule has 1 N–H and O–H groups in total. The second kappa shape index (κ2) is 6.36. The Kier molecular flexibility index (Phi) is 4.06. The van der Waals surface area contributed by atoms with Crippen molar-refractivity contribution in [3.63, 3.8) is 0 Å². The summed E-state index contributed by atoms with van der Waals surface area (Å²) in [6.07, 6.45) is 5.15. The third kappa shape index (κ3) is 3.06. The van der Waals surface area contributed by atoms with Gasteiger partial charge in [-0.2, -0.15) is 0 Å². The van der Waals surface area contributed by atoms with Crippen LogP contribution in [0, 0.1) is 0 Å². The van der Waals surface area contributed by atoms with Crippen molar-refractivity contribution in [1.82, 2.24) is 4.98 Å². The molecule has 24 heavy (non-hydrogen) atoms. The number of nitrogens with one attached hydrogen (secondary N) is 1. The molecule has 0 spiro atoms. The summed E-state index contributed by atoms with van der Waals surface area (Å²) in [7, 11) is 0. The quantitative estimate of drug-likeness (QED) is 0.930. The standard InChI is InChI=1S/C18H19N3O2S/c22-16(20-18-19-14-3-1-4-15(14)24-18)11-12-6-8-13(9-7-12)21-10-2-5-17(21)23/h6-9H,1-5,10-11H2,(H,19,20,22). The van der Waals surface area contributed by atoms with E-state index in [1.54, 1.807) is 16.2 Å². The summed E-state index contributed by atoms with van der Waals surface area (Å²) in [5, 5.41) is 3.61. The van der Waals surface area contributed by atoms with Crippen LogP contribution in [0.2, 0.25) is 0 Å². The minimum Gasteiger partial charge on any atom is -0.312 e. The molecule has 1 aliphatic carbocycles. The lowest BCUT2D eigenvalue weighted by Gasteiger charge is -2.15. The highest BCUT2D eigenvalue weighted by atomic mass is 32.1. The highest BCUT2D eigenvalue weighted by Gasteiger charge is 2.21. The third-order valence-corrected chi connectivity index (χ3v) is 5.60. The van der Waals surface area contributed by atoms with Gasteiger partial charge in [-0.1, -0.05) is 12.1 Å². The van der Waals surface area contributed by atoms with Gasteiger partial charge in [-0.25, -0.2) is 4.98 Å². The normalized spacial score (nSPS) is 16.5. The summed E-state index contributed by atoms with van der Waals surface area (Å²) in [5.74, 6) is 0.129. The number of fused-ring (bicyclic) bond motifs is 1. The Morgan fingerprint density at radius 1 is 1.17 bits per heavy atom. The topological polar surface area (TPSA) is 62.3 Å². The number of nitrogens with zero attached hydrogens (tertiary/aromatic N) is 2. The van der Waals surface area contributed by atoms with Crippen molar-refractivity contribution in [1.29, 1.82) is 0 Å². The first-order valence-corrected chi connectivity index (χ1v) is 9.18. The highest BCUT2D eigenvalue weighted by molar-refractivity contribution is 7.15. The SMILES string of the molecule is O=C(Cc1ccc(N2CCCC2=O)cc1)Nc1nc2c(s1)CCC2. The van der Waals surface area contributed by atoms with E-state index in [0.29, 0.717) is 18.0 Å². The predicted molar refractivity (Wildman–Crippen MR) is 94.5 cm³/mol. The Hall–Kier alpha value is -2.21. The number of aryl methyl sites for hydroxylation is 2. The minimum absolute atomic E-state index is 0.0487. The van der Waals surface area contributed by atoms with E-state index < -0.39 is 0 Å². The van der Waals surface area contributed by atoms with E-state index in [4.69, 9.17) is 0 Å². The molecule has 4 rings (SSSR count). The number of aromatic nitrogens is 1. The fraction of sp³-hybridized carbons (Fsp3) is 0.389. The molecule has 0 saturated carbocycles. The minimum atomic E-state index is -0.0487. The first-order chi connectivity index (χ1) is 11.7. The number of benzene rings is 1. The molecule has 1 aliphatic heterocycles. The van der Waals surface area contributed by atoms with Gasteiger partial charge in [0.1, 0.15) is 0 Å². The number of hydrogen-bond acceptors (Lipinski definition) is 4. The lowest BCUT2D eigenvalue weighted by molar-refractivity contribution is -0.117. The molecule has 0 radical (unpaired) electrons. The summed E-state index contributed by atoms with van der Waals surface area (Å²) in [6.45, 7) is 0.785. The van der Waals surface area contributed by atoms with E-state index in [1.165, 1.54) is 11.3 Å². The molecular weight excluding hydrogens is 322 g/mol. The van der Waals surface area contributed by atoms with Gasteiger partial charge in [0.15, 0.2) is 5.13 Å². The zero-order valence-corrected chi connectivity index (χ0v) is 14.2. The van der Waals surface area contributed by atoms with E-state index >= 15 is 0 Å². The second-order valence-electron chi connectivity index (χ2n) is 6.28. The molecule has 1 aromatic carbocycles. The van der Waals surface area contributed by atoms with Crippen LogP contribution >= 0.6 is 11.3 Å². The molecule has 124 valence electrons. The molecule has 2 heterocycles. The number of carbonyl (C=O) groups is 2. The molecule has 2 aromatic rings. The van der Waals surface area contributed by atoms with Crippen LogP contribution in [0.4, 0.5) is 10.8 Å². The number of hydrogen-bond donors (Lipinski definition) is 1. The molecule has 2 amide bonds. The van der Waals surface area contributed by atoms with Crippen LogP contribution in [-0.4, -0.2) is 23.3 Å². The van der Waals surface area contributed by atoms with Gasteiger partial charge < -0.3 is 10.2 Å². The van der Waals surface area contributed by atoms with Crippen LogP contribution in [0.3, 0.4) is 0 Å². The Labute approximate surface area is 144 Å². The van der Waals surface area contributed by atoms with Crippen LogP contribution < -0.4 is 10.2 Å².